The van der Waals surface area contributed by atoms with Gasteiger partial charge in [0, 0.05) is 31.2 Å². The van der Waals surface area contributed by atoms with Crippen molar-refractivity contribution >= 4 is 15.9 Å². The molecule has 0 radical (unpaired) electrons. The van der Waals surface area contributed by atoms with Gasteiger partial charge in [0.05, 0.1) is 12.2 Å². The number of hydrogen-bond donors (Lipinski definition) is 2. The molecule has 1 aliphatic rings. The van der Waals surface area contributed by atoms with Crippen LogP contribution in [0.3, 0.4) is 0 Å². The SMILES string of the molecule is CCn1cnc(S(=O)(=O)N2CCC(C)(C(=N)N)CC2)c1. The van der Waals surface area contributed by atoms with Crippen LogP contribution in [0.4, 0.5) is 0 Å². The highest BCUT2D eigenvalue weighted by Gasteiger charge is 2.38. The molecule has 112 valence electrons. The van der Waals surface area contributed by atoms with Crippen molar-refractivity contribution in [3.05, 3.63) is 12.5 Å². The van der Waals surface area contributed by atoms with Gasteiger partial charge in [0.1, 0.15) is 0 Å². The first-order chi connectivity index (χ1) is 9.29. The maximum Gasteiger partial charge on any atom is 0.262 e. The van der Waals surface area contributed by atoms with Crippen molar-refractivity contribution in [2.24, 2.45) is 11.1 Å². The van der Waals surface area contributed by atoms with Crippen LogP contribution in [0, 0.1) is 10.8 Å². The fraction of sp³-hybridized carbons (Fsp3) is 0.667. The van der Waals surface area contributed by atoms with Gasteiger partial charge in [0.25, 0.3) is 10.0 Å². The zero-order chi connectivity index (χ0) is 15.0. The van der Waals surface area contributed by atoms with Gasteiger partial charge in [0.2, 0.25) is 0 Å². The summed E-state index contributed by atoms with van der Waals surface area (Å²) in [5.74, 6) is 0.129. The Kier molecular flexibility index (Phi) is 3.88. The van der Waals surface area contributed by atoms with Crippen molar-refractivity contribution in [2.75, 3.05) is 13.1 Å². The van der Waals surface area contributed by atoms with Gasteiger partial charge in [-0.15, -0.1) is 0 Å². The molecule has 20 heavy (non-hydrogen) atoms. The van der Waals surface area contributed by atoms with Gasteiger partial charge in [0.15, 0.2) is 5.03 Å². The molecule has 8 heteroatoms. The van der Waals surface area contributed by atoms with Crippen LogP contribution in [0.1, 0.15) is 26.7 Å². The highest BCUT2D eigenvalue weighted by molar-refractivity contribution is 7.89. The first-order valence-corrected chi connectivity index (χ1v) is 8.10. The Morgan fingerprint density at radius 1 is 1.50 bits per heavy atom. The normalized spacial score (nSPS) is 19.9. The van der Waals surface area contributed by atoms with Crippen LogP contribution in [0.15, 0.2) is 17.6 Å². The number of piperidine rings is 1. The number of sulfonamides is 1. The lowest BCUT2D eigenvalue weighted by Crippen LogP contribution is -2.47. The summed E-state index contributed by atoms with van der Waals surface area (Å²) in [5.41, 5.74) is 5.19. The summed E-state index contributed by atoms with van der Waals surface area (Å²) in [4.78, 5) is 3.97. The third-order valence-electron chi connectivity index (χ3n) is 4.06. The van der Waals surface area contributed by atoms with Crippen LogP contribution < -0.4 is 5.73 Å². The number of amidine groups is 1. The van der Waals surface area contributed by atoms with E-state index in [1.54, 1.807) is 10.8 Å². The van der Waals surface area contributed by atoms with E-state index >= 15 is 0 Å². The summed E-state index contributed by atoms with van der Waals surface area (Å²) in [5, 5.41) is 7.68. The molecule has 1 fully saturated rings. The van der Waals surface area contributed by atoms with Crippen LogP contribution in [-0.2, 0) is 16.6 Å². The smallest absolute Gasteiger partial charge is 0.262 e. The Balaban J connectivity index is 2.15. The van der Waals surface area contributed by atoms with Crippen LogP contribution in [0.2, 0.25) is 0 Å². The van der Waals surface area contributed by atoms with E-state index in [1.807, 2.05) is 13.8 Å². The number of aryl methyl sites for hydroxylation is 1. The standard InChI is InChI=1S/C12H21N5O2S/c1-3-16-8-10(15-9-16)20(18,19)17-6-4-12(2,5-7-17)11(13)14/h8-9H,3-7H2,1-2H3,(H3,13,14). The fourth-order valence-corrected chi connectivity index (χ4v) is 3.64. The molecule has 7 nitrogen and oxygen atoms in total. The minimum Gasteiger partial charge on any atom is -0.387 e. The predicted octanol–water partition coefficient (Wildman–Crippen LogP) is 0.630. The molecule has 1 saturated heterocycles. The van der Waals surface area contributed by atoms with Crippen molar-refractivity contribution in [1.29, 1.82) is 5.41 Å². The molecule has 0 aliphatic carbocycles. The molecule has 2 heterocycles. The molecule has 0 aromatic carbocycles. The zero-order valence-corrected chi connectivity index (χ0v) is 12.7. The first-order valence-electron chi connectivity index (χ1n) is 6.66. The average Bonchev–Trinajstić information content (AvgIpc) is 2.88. The van der Waals surface area contributed by atoms with E-state index in [4.69, 9.17) is 11.1 Å². The second-order valence-corrected chi connectivity index (χ2v) is 7.31. The highest BCUT2D eigenvalue weighted by atomic mass is 32.2. The quantitative estimate of drug-likeness (QED) is 0.628. The minimum absolute atomic E-state index is 0.0887. The minimum atomic E-state index is -3.54. The molecule has 1 aliphatic heterocycles. The van der Waals surface area contributed by atoms with Crippen LogP contribution in [-0.4, -0.2) is 41.2 Å². The number of hydrogen-bond acceptors (Lipinski definition) is 4. The van der Waals surface area contributed by atoms with Crippen molar-refractivity contribution in [3.8, 4) is 0 Å². The van der Waals surface area contributed by atoms with E-state index in [1.165, 1.54) is 10.6 Å². The van der Waals surface area contributed by atoms with E-state index in [0.717, 1.165) is 0 Å². The second-order valence-electron chi connectivity index (χ2n) is 5.42. The molecule has 0 amide bonds. The van der Waals surface area contributed by atoms with Crippen molar-refractivity contribution in [2.45, 2.75) is 38.3 Å². The summed E-state index contributed by atoms with van der Waals surface area (Å²) < 4.78 is 28.1. The number of nitrogens with two attached hydrogens (primary N) is 1. The first kappa shape index (κ1) is 15.0. The topological polar surface area (TPSA) is 105 Å². The summed E-state index contributed by atoms with van der Waals surface area (Å²) in [6.07, 6.45) is 4.21. The van der Waals surface area contributed by atoms with Gasteiger partial charge in [-0.2, -0.15) is 4.31 Å². The maximum atomic E-state index is 12.5. The number of nitrogens with one attached hydrogen (secondary N) is 1. The number of nitrogens with zero attached hydrogens (tertiary/aromatic N) is 3. The number of rotatable bonds is 4. The van der Waals surface area contributed by atoms with E-state index in [0.29, 0.717) is 32.5 Å². The lowest BCUT2D eigenvalue weighted by atomic mass is 9.80. The number of imidazole rings is 1. The van der Waals surface area contributed by atoms with Gasteiger partial charge in [-0.1, -0.05) is 6.92 Å². The second kappa shape index (κ2) is 5.17. The van der Waals surface area contributed by atoms with E-state index in [2.05, 4.69) is 4.98 Å². The summed E-state index contributed by atoms with van der Waals surface area (Å²) in [6.45, 7) is 5.27. The third kappa shape index (κ3) is 2.57. The average molecular weight is 299 g/mol. The van der Waals surface area contributed by atoms with Crippen LogP contribution in [0.25, 0.3) is 0 Å². The van der Waals surface area contributed by atoms with Crippen LogP contribution >= 0.6 is 0 Å². The molecule has 3 N–H and O–H groups in total. The Morgan fingerprint density at radius 3 is 2.55 bits per heavy atom. The Morgan fingerprint density at radius 2 is 2.10 bits per heavy atom. The number of aromatic nitrogens is 2. The van der Waals surface area contributed by atoms with Gasteiger partial charge in [-0.05, 0) is 19.8 Å². The molecule has 1 aromatic rings. The van der Waals surface area contributed by atoms with E-state index in [-0.39, 0.29) is 10.9 Å². The molecule has 2 rings (SSSR count). The van der Waals surface area contributed by atoms with Crippen molar-refractivity contribution in [3.63, 3.8) is 0 Å². The summed E-state index contributed by atoms with van der Waals surface area (Å²) >= 11 is 0. The Hall–Kier alpha value is -1.41. The summed E-state index contributed by atoms with van der Waals surface area (Å²) in [6, 6.07) is 0. The Labute approximate surface area is 119 Å². The molecule has 0 bridgehead atoms. The zero-order valence-electron chi connectivity index (χ0n) is 11.8. The van der Waals surface area contributed by atoms with Gasteiger partial charge >= 0.3 is 0 Å². The van der Waals surface area contributed by atoms with Gasteiger partial charge in [-0.25, -0.2) is 13.4 Å². The molecule has 0 atom stereocenters. The maximum absolute atomic E-state index is 12.5. The predicted molar refractivity (Wildman–Crippen MR) is 75.9 cm³/mol. The summed E-state index contributed by atoms with van der Waals surface area (Å²) in [7, 11) is -3.54. The molecule has 0 unspecified atom stereocenters. The molecule has 0 spiro atoms. The largest absolute Gasteiger partial charge is 0.387 e. The van der Waals surface area contributed by atoms with E-state index in [9.17, 15) is 8.42 Å². The fourth-order valence-electron chi connectivity index (χ4n) is 2.27. The van der Waals surface area contributed by atoms with Crippen molar-refractivity contribution in [1.82, 2.24) is 13.9 Å². The van der Waals surface area contributed by atoms with Gasteiger partial charge < -0.3 is 10.3 Å². The molecule has 0 saturated carbocycles. The van der Waals surface area contributed by atoms with Crippen molar-refractivity contribution < 1.29 is 8.42 Å². The van der Waals surface area contributed by atoms with E-state index < -0.39 is 15.4 Å². The van der Waals surface area contributed by atoms with Crippen LogP contribution in [0.5, 0.6) is 0 Å². The Bertz CT molecular complexity index is 599. The lowest BCUT2D eigenvalue weighted by molar-refractivity contribution is 0.240. The molecule has 1 aromatic heterocycles. The lowest BCUT2D eigenvalue weighted by Gasteiger charge is -2.37. The molecular weight excluding hydrogens is 278 g/mol. The highest BCUT2D eigenvalue weighted by Crippen LogP contribution is 2.32. The third-order valence-corrected chi connectivity index (χ3v) is 5.84. The molecular formula is C12H21N5O2S. The van der Waals surface area contributed by atoms with Gasteiger partial charge in [-0.3, -0.25) is 5.41 Å². The monoisotopic (exact) mass is 299 g/mol.